The van der Waals surface area contributed by atoms with Crippen LogP contribution in [0.4, 0.5) is 11.5 Å². The maximum Gasteiger partial charge on any atom is 0.313 e. The van der Waals surface area contributed by atoms with Crippen molar-refractivity contribution in [3.05, 3.63) is 84.4 Å². The predicted octanol–water partition coefficient (Wildman–Crippen LogP) is 6.48. The summed E-state index contributed by atoms with van der Waals surface area (Å²) in [5.74, 6) is 1.08. The summed E-state index contributed by atoms with van der Waals surface area (Å²) >= 11 is 15.5. The van der Waals surface area contributed by atoms with Crippen LogP contribution in [-0.2, 0) is 6.61 Å². The average Bonchev–Trinajstić information content (AvgIpc) is 2.77. The van der Waals surface area contributed by atoms with Gasteiger partial charge in [0.2, 0.25) is 5.82 Å². The molecule has 3 rings (SSSR count). The van der Waals surface area contributed by atoms with Gasteiger partial charge in [-0.1, -0.05) is 29.3 Å². The number of nitrogens with zero attached hydrogens (tertiary/aromatic N) is 3. The van der Waals surface area contributed by atoms with Gasteiger partial charge in [-0.15, -0.1) is 0 Å². The fraction of sp³-hybridized carbons (Fsp3) is 0.143. The lowest BCUT2D eigenvalue weighted by atomic mass is 10.2. The lowest BCUT2D eigenvalue weighted by Gasteiger charge is -2.14. The van der Waals surface area contributed by atoms with Gasteiger partial charge in [0.05, 0.1) is 27.8 Å². The third-order valence-corrected chi connectivity index (χ3v) is 5.52. The third kappa shape index (κ3) is 6.09. The van der Waals surface area contributed by atoms with Crippen molar-refractivity contribution in [1.29, 1.82) is 0 Å². The van der Waals surface area contributed by atoms with Crippen molar-refractivity contribution in [2.24, 2.45) is 5.10 Å². The second-order valence-corrected chi connectivity index (χ2v) is 7.96. The zero-order chi connectivity index (χ0) is 23.1. The van der Waals surface area contributed by atoms with Crippen LogP contribution in [0, 0.1) is 10.1 Å². The van der Waals surface area contributed by atoms with E-state index >= 15 is 0 Å². The van der Waals surface area contributed by atoms with Gasteiger partial charge in [0.25, 0.3) is 0 Å². The number of ether oxygens (including phenoxy) is 2. The summed E-state index contributed by atoms with van der Waals surface area (Å²) < 4.78 is 12.3. The second-order valence-electron chi connectivity index (χ2n) is 6.29. The van der Waals surface area contributed by atoms with E-state index in [9.17, 15) is 10.1 Å². The first-order chi connectivity index (χ1) is 15.4. The van der Waals surface area contributed by atoms with Crippen LogP contribution in [0.15, 0.2) is 58.2 Å². The number of nitro groups is 1. The lowest BCUT2D eigenvalue weighted by molar-refractivity contribution is -0.384. The molecule has 0 spiro atoms. The number of halogens is 3. The molecular weight excluding hydrogens is 523 g/mol. The predicted molar refractivity (Wildman–Crippen MR) is 128 cm³/mol. The minimum Gasteiger partial charge on any atom is -0.490 e. The van der Waals surface area contributed by atoms with Crippen LogP contribution < -0.4 is 14.9 Å². The van der Waals surface area contributed by atoms with Gasteiger partial charge in [0.1, 0.15) is 6.61 Å². The molecule has 0 fully saturated rings. The van der Waals surface area contributed by atoms with E-state index < -0.39 is 4.92 Å². The third-order valence-electron chi connectivity index (χ3n) is 4.10. The number of nitrogens with one attached hydrogen (secondary N) is 1. The summed E-state index contributed by atoms with van der Waals surface area (Å²) in [6.45, 7) is 2.56. The fourth-order valence-corrected chi connectivity index (χ4v) is 3.36. The molecule has 0 unspecified atom stereocenters. The highest BCUT2D eigenvalue weighted by Gasteiger charge is 2.14. The molecule has 0 bridgehead atoms. The average molecular weight is 540 g/mol. The zero-order valence-electron chi connectivity index (χ0n) is 16.7. The highest BCUT2D eigenvalue weighted by Crippen LogP contribution is 2.34. The number of benzene rings is 2. The molecule has 3 aromatic rings. The Morgan fingerprint density at radius 3 is 2.69 bits per heavy atom. The molecule has 11 heteroatoms. The molecule has 0 aliphatic heterocycles. The Morgan fingerprint density at radius 1 is 1.19 bits per heavy atom. The number of aromatic nitrogens is 1. The molecule has 0 saturated carbocycles. The highest BCUT2D eigenvalue weighted by atomic mass is 79.9. The zero-order valence-corrected chi connectivity index (χ0v) is 19.8. The number of rotatable bonds is 9. The second kappa shape index (κ2) is 11.1. The van der Waals surface area contributed by atoms with Gasteiger partial charge in [-0.25, -0.2) is 4.98 Å². The Morgan fingerprint density at radius 2 is 1.97 bits per heavy atom. The Labute approximate surface area is 202 Å². The smallest absolute Gasteiger partial charge is 0.313 e. The van der Waals surface area contributed by atoms with Gasteiger partial charge in [-0.2, -0.15) is 5.10 Å². The van der Waals surface area contributed by atoms with E-state index in [2.05, 4.69) is 31.4 Å². The standard InChI is InChI=1S/C21H17BrCl2N4O4/c1-2-31-19-9-14(11-26-27-21-18(28(29)30)4-3-7-25-21)15(22)10-20(19)32-12-13-5-6-16(23)17(24)8-13/h3-11H,2,12H2,1H3,(H,25,27)/b26-11-. The maximum absolute atomic E-state index is 11.1. The summed E-state index contributed by atoms with van der Waals surface area (Å²) in [6, 6.07) is 11.6. The van der Waals surface area contributed by atoms with Gasteiger partial charge < -0.3 is 9.47 Å². The molecule has 1 heterocycles. The number of pyridine rings is 1. The molecule has 2 aromatic carbocycles. The van der Waals surface area contributed by atoms with E-state index in [1.54, 1.807) is 24.3 Å². The molecule has 0 saturated heterocycles. The summed E-state index contributed by atoms with van der Waals surface area (Å²) in [5.41, 5.74) is 3.94. The summed E-state index contributed by atoms with van der Waals surface area (Å²) in [4.78, 5) is 14.5. The van der Waals surface area contributed by atoms with Crippen LogP contribution in [0.2, 0.25) is 10.0 Å². The molecule has 8 nitrogen and oxygen atoms in total. The van der Waals surface area contributed by atoms with Crippen molar-refractivity contribution >= 4 is 56.9 Å². The minimum absolute atomic E-state index is 0.0384. The molecule has 1 N–H and O–H groups in total. The minimum atomic E-state index is -0.534. The quantitative estimate of drug-likeness (QED) is 0.190. The summed E-state index contributed by atoms with van der Waals surface area (Å²) in [6.07, 6.45) is 2.93. The van der Waals surface area contributed by atoms with E-state index in [0.29, 0.717) is 38.2 Å². The fourth-order valence-electron chi connectivity index (χ4n) is 2.61. The molecular formula is C21H17BrCl2N4O4. The van der Waals surface area contributed by atoms with E-state index in [-0.39, 0.29) is 18.1 Å². The highest BCUT2D eigenvalue weighted by molar-refractivity contribution is 9.10. The number of anilines is 1. The lowest BCUT2D eigenvalue weighted by Crippen LogP contribution is -2.02. The van der Waals surface area contributed by atoms with Gasteiger partial charge in [0.15, 0.2) is 11.5 Å². The van der Waals surface area contributed by atoms with Gasteiger partial charge in [-0.3, -0.25) is 15.5 Å². The van der Waals surface area contributed by atoms with Crippen molar-refractivity contribution in [1.82, 2.24) is 4.98 Å². The van der Waals surface area contributed by atoms with Crippen LogP contribution in [0.5, 0.6) is 11.5 Å². The Bertz CT molecular complexity index is 1160. The summed E-state index contributed by atoms with van der Waals surface area (Å²) in [7, 11) is 0. The molecule has 166 valence electrons. The molecule has 1 aromatic heterocycles. The number of hydrogen-bond acceptors (Lipinski definition) is 7. The van der Waals surface area contributed by atoms with Gasteiger partial charge >= 0.3 is 5.69 Å². The monoisotopic (exact) mass is 538 g/mol. The van der Waals surface area contributed by atoms with E-state index in [1.807, 2.05) is 13.0 Å². The Balaban J connectivity index is 1.78. The van der Waals surface area contributed by atoms with Crippen LogP contribution in [0.1, 0.15) is 18.1 Å². The summed E-state index contributed by atoms with van der Waals surface area (Å²) in [5, 5.41) is 16.1. The number of hydrogen-bond donors (Lipinski definition) is 1. The maximum atomic E-state index is 11.1. The molecule has 32 heavy (non-hydrogen) atoms. The Hall–Kier alpha value is -2.88. The first kappa shape index (κ1) is 23.8. The first-order valence-corrected chi connectivity index (χ1v) is 10.9. The number of hydrazone groups is 1. The van der Waals surface area contributed by atoms with Gasteiger partial charge in [-0.05, 0) is 58.7 Å². The van der Waals surface area contributed by atoms with Gasteiger partial charge in [0, 0.05) is 22.3 Å². The molecule has 0 radical (unpaired) electrons. The van der Waals surface area contributed by atoms with Crippen LogP contribution in [0.3, 0.4) is 0 Å². The van der Waals surface area contributed by atoms with E-state index in [0.717, 1.165) is 5.56 Å². The van der Waals surface area contributed by atoms with E-state index in [1.165, 1.54) is 24.5 Å². The topological polar surface area (TPSA) is 98.9 Å². The Kier molecular flexibility index (Phi) is 8.26. The van der Waals surface area contributed by atoms with Crippen molar-refractivity contribution in [3.8, 4) is 11.5 Å². The SMILES string of the molecule is CCOc1cc(/C=N\Nc2ncccc2[N+](=O)[O-])c(Br)cc1OCc1ccc(Cl)c(Cl)c1. The largest absolute Gasteiger partial charge is 0.490 e. The van der Waals surface area contributed by atoms with Crippen LogP contribution >= 0.6 is 39.1 Å². The molecule has 0 aliphatic carbocycles. The van der Waals surface area contributed by atoms with E-state index in [4.69, 9.17) is 32.7 Å². The normalized spacial score (nSPS) is 10.9. The van der Waals surface area contributed by atoms with Crippen LogP contribution in [-0.4, -0.2) is 22.7 Å². The van der Waals surface area contributed by atoms with Crippen molar-refractivity contribution in [3.63, 3.8) is 0 Å². The molecule has 0 aliphatic rings. The first-order valence-electron chi connectivity index (χ1n) is 9.30. The van der Waals surface area contributed by atoms with Crippen molar-refractivity contribution in [2.75, 3.05) is 12.0 Å². The molecule has 0 amide bonds. The van der Waals surface area contributed by atoms with Crippen molar-refractivity contribution in [2.45, 2.75) is 13.5 Å². The van der Waals surface area contributed by atoms with Crippen LogP contribution in [0.25, 0.3) is 0 Å². The van der Waals surface area contributed by atoms with Crippen molar-refractivity contribution < 1.29 is 14.4 Å². The molecule has 0 atom stereocenters.